The Morgan fingerprint density at radius 1 is 1.00 bits per heavy atom. The molecular weight excluding hydrogens is 184 g/mol. The van der Waals surface area contributed by atoms with Crippen molar-refractivity contribution >= 4 is 0 Å². The van der Waals surface area contributed by atoms with Gasteiger partial charge in [0, 0.05) is 10.8 Å². The number of aliphatic hydroxyl groups is 1. The second-order valence-electron chi connectivity index (χ2n) is 5.47. The summed E-state index contributed by atoms with van der Waals surface area (Å²) in [5.74, 6) is 0. The van der Waals surface area contributed by atoms with Crippen LogP contribution < -0.4 is 0 Å². The highest BCUT2D eigenvalue weighted by molar-refractivity contribution is 5.11. The second-order valence-corrected chi connectivity index (χ2v) is 5.47. The Bertz CT molecular complexity index is 245. The van der Waals surface area contributed by atoms with Crippen LogP contribution in [0.25, 0.3) is 0 Å². The van der Waals surface area contributed by atoms with Crippen molar-refractivity contribution in [1.29, 1.82) is 0 Å². The summed E-state index contributed by atoms with van der Waals surface area (Å²) in [6.45, 7) is 7.68. The molecule has 1 heteroatoms. The standard InChI is InChI=1S/C14H22O/c1-3-6-13-8-5-9-14(7-4-2,11-10-13)12(13)15/h3-4,12,15H,1-2,5-11H2. The van der Waals surface area contributed by atoms with Crippen molar-refractivity contribution in [2.45, 2.75) is 51.0 Å². The maximum atomic E-state index is 10.6. The van der Waals surface area contributed by atoms with E-state index in [-0.39, 0.29) is 16.9 Å². The van der Waals surface area contributed by atoms with E-state index in [9.17, 15) is 5.11 Å². The van der Waals surface area contributed by atoms with E-state index in [2.05, 4.69) is 13.2 Å². The number of fused-ring (bicyclic) bond motifs is 2. The van der Waals surface area contributed by atoms with Crippen molar-refractivity contribution in [3.63, 3.8) is 0 Å². The molecule has 0 spiro atoms. The third-order valence-corrected chi connectivity index (χ3v) is 4.73. The minimum Gasteiger partial charge on any atom is -0.392 e. The second kappa shape index (κ2) is 3.79. The molecule has 15 heavy (non-hydrogen) atoms. The van der Waals surface area contributed by atoms with Crippen molar-refractivity contribution < 1.29 is 5.11 Å². The SMILES string of the molecule is C=CCC12CCCC(CC=C)(CC1)C2O. The van der Waals surface area contributed by atoms with Crippen LogP contribution in [0.5, 0.6) is 0 Å². The molecule has 0 saturated heterocycles. The maximum absolute atomic E-state index is 10.6. The summed E-state index contributed by atoms with van der Waals surface area (Å²) in [5.41, 5.74) is 0.312. The summed E-state index contributed by atoms with van der Waals surface area (Å²) >= 11 is 0. The fraction of sp³-hybridized carbons (Fsp3) is 0.714. The third-order valence-electron chi connectivity index (χ3n) is 4.73. The molecule has 0 aliphatic heterocycles. The highest BCUT2D eigenvalue weighted by Gasteiger charge is 2.56. The van der Waals surface area contributed by atoms with Crippen LogP contribution in [-0.4, -0.2) is 11.2 Å². The molecule has 1 nitrogen and oxygen atoms in total. The molecule has 0 aromatic heterocycles. The first-order valence-corrected chi connectivity index (χ1v) is 6.09. The summed E-state index contributed by atoms with van der Waals surface area (Å²) in [4.78, 5) is 0. The van der Waals surface area contributed by atoms with Crippen LogP contribution in [0.15, 0.2) is 25.3 Å². The van der Waals surface area contributed by atoms with Gasteiger partial charge in [0.05, 0.1) is 6.10 Å². The summed E-state index contributed by atoms with van der Waals surface area (Å²) in [6.07, 6.45) is 11.8. The van der Waals surface area contributed by atoms with Crippen LogP contribution in [0.3, 0.4) is 0 Å². The van der Waals surface area contributed by atoms with E-state index in [0.717, 1.165) is 12.8 Å². The minimum atomic E-state index is -0.130. The zero-order valence-corrected chi connectivity index (χ0v) is 9.54. The first kappa shape index (κ1) is 10.9. The number of allylic oxidation sites excluding steroid dienone is 2. The fourth-order valence-electron chi connectivity index (χ4n) is 3.94. The van der Waals surface area contributed by atoms with Crippen molar-refractivity contribution in [1.82, 2.24) is 0 Å². The third kappa shape index (κ3) is 1.48. The van der Waals surface area contributed by atoms with Crippen molar-refractivity contribution in [2.75, 3.05) is 0 Å². The topological polar surface area (TPSA) is 20.2 Å². The summed E-state index contributed by atoms with van der Waals surface area (Å²) in [5, 5.41) is 10.6. The first-order chi connectivity index (χ1) is 7.19. The van der Waals surface area contributed by atoms with Crippen LogP contribution in [0, 0.1) is 10.8 Å². The Balaban J connectivity index is 2.25. The van der Waals surface area contributed by atoms with Crippen LogP contribution in [0.1, 0.15) is 44.9 Å². The predicted molar refractivity (Wildman–Crippen MR) is 63.6 cm³/mol. The molecule has 2 bridgehead atoms. The Labute approximate surface area is 92.9 Å². The summed E-state index contributed by atoms with van der Waals surface area (Å²) in [6, 6.07) is 0. The lowest BCUT2D eigenvalue weighted by atomic mass is 9.64. The van der Waals surface area contributed by atoms with Gasteiger partial charge in [-0.3, -0.25) is 0 Å². The van der Waals surface area contributed by atoms with Gasteiger partial charge in [-0.05, 0) is 38.5 Å². The molecule has 2 atom stereocenters. The van der Waals surface area contributed by atoms with E-state index in [1.54, 1.807) is 0 Å². The Morgan fingerprint density at radius 2 is 1.47 bits per heavy atom. The molecule has 0 radical (unpaired) electrons. The number of hydrogen-bond acceptors (Lipinski definition) is 1. The van der Waals surface area contributed by atoms with Gasteiger partial charge in [-0.2, -0.15) is 0 Å². The smallest absolute Gasteiger partial charge is 0.0658 e. The molecule has 2 aliphatic carbocycles. The lowest BCUT2D eigenvalue weighted by Gasteiger charge is -2.44. The lowest BCUT2D eigenvalue weighted by Crippen LogP contribution is -2.43. The maximum Gasteiger partial charge on any atom is 0.0658 e. The quantitative estimate of drug-likeness (QED) is 0.698. The highest BCUT2D eigenvalue weighted by atomic mass is 16.3. The summed E-state index contributed by atoms with van der Waals surface area (Å²) in [7, 11) is 0. The number of hydrogen-bond donors (Lipinski definition) is 1. The van der Waals surface area contributed by atoms with Crippen LogP contribution >= 0.6 is 0 Å². The molecule has 84 valence electrons. The average Bonchev–Trinajstić information content (AvgIpc) is 2.39. The zero-order valence-electron chi connectivity index (χ0n) is 9.54. The first-order valence-electron chi connectivity index (χ1n) is 6.09. The van der Waals surface area contributed by atoms with Gasteiger partial charge < -0.3 is 5.11 Å². The average molecular weight is 206 g/mol. The van der Waals surface area contributed by atoms with Crippen molar-refractivity contribution in [3.05, 3.63) is 25.3 Å². The molecule has 2 unspecified atom stereocenters. The van der Waals surface area contributed by atoms with E-state index < -0.39 is 0 Å². The van der Waals surface area contributed by atoms with Crippen molar-refractivity contribution in [2.24, 2.45) is 10.8 Å². The van der Waals surface area contributed by atoms with Crippen LogP contribution in [0.4, 0.5) is 0 Å². The van der Waals surface area contributed by atoms with E-state index in [0.29, 0.717) is 0 Å². The van der Waals surface area contributed by atoms with E-state index in [4.69, 9.17) is 0 Å². The normalized spacial score (nSPS) is 43.9. The van der Waals surface area contributed by atoms with Gasteiger partial charge in [0.15, 0.2) is 0 Å². The highest BCUT2D eigenvalue weighted by Crippen LogP contribution is 2.61. The van der Waals surface area contributed by atoms with Gasteiger partial charge in [0.25, 0.3) is 0 Å². The van der Waals surface area contributed by atoms with Crippen LogP contribution in [0.2, 0.25) is 0 Å². The molecule has 2 fully saturated rings. The lowest BCUT2D eigenvalue weighted by molar-refractivity contribution is -0.0571. The molecule has 0 aromatic carbocycles. The fourth-order valence-corrected chi connectivity index (χ4v) is 3.94. The van der Waals surface area contributed by atoms with E-state index in [1.807, 2.05) is 12.2 Å². The zero-order chi connectivity index (χ0) is 10.9. The van der Waals surface area contributed by atoms with Crippen LogP contribution in [-0.2, 0) is 0 Å². The van der Waals surface area contributed by atoms with Gasteiger partial charge in [0.2, 0.25) is 0 Å². The monoisotopic (exact) mass is 206 g/mol. The molecule has 2 saturated carbocycles. The molecule has 2 rings (SSSR count). The molecular formula is C14H22O. The number of rotatable bonds is 4. The Hall–Kier alpha value is -0.560. The van der Waals surface area contributed by atoms with Gasteiger partial charge in [-0.25, -0.2) is 0 Å². The largest absolute Gasteiger partial charge is 0.392 e. The van der Waals surface area contributed by atoms with Crippen molar-refractivity contribution in [3.8, 4) is 0 Å². The molecule has 1 N–H and O–H groups in total. The van der Waals surface area contributed by atoms with Gasteiger partial charge >= 0.3 is 0 Å². The van der Waals surface area contributed by atoms with Gasteiger partial charge in [-0.15, -0.1) is 13.2 Å². The van der Waals surface area contributed by atoms with E-state index >= 15 is 0 Å². The molecule has 0 aromatic rings. The van der Waals surface area contributed by atoms with Gasteiger partial charge in [0.1, 0.15) is 0 Å². The Kier molecular flexibility index (Phi) is 2.76. The molecule has 2 aliphatic rings. The minimum absolute atomic E-state index is 0.130. The van der Waals surface area contributed by atoms with Gasteiger partial charge in [-0.1, -0.05) is 18.6 Å². The molecule has 0 amide bonds. The molecule has 0 heterocycles. The van der Waals surface area contributed by atoms with E-state index in [1.165, 1.54) is 32.1 Å². The predicted octanol–water partition coefficient (Wildman–Crippen LogP) is 3.45. The Morgan fingerprint density at radius 3 is 1.87 bits per heavy atom. The summed E-state index contributed by atoms with van der Waals surface area (Å²) < 4.78 is 0. The number of aliphatic hydroxyl groups excluding tert-OH is 1.